The highest BCUT2D eigenvalue weighted by Crippen LogP contribution is 2.06. The van der Waals surface area contributed by atoms with Crippen LogP contribution in [0.3, 0.4) is 0 Å². The lowest BCUT2D eigenvalue weighted by molar-refractivity contribution is 0.154. The van der Waals surface area contributed by atoms with E-state index >= 15 is 0 Å². The third-order valence-corrected chi connectivity index (χ3v) is 2.12. The fourth-order valence-corrected chi connectivity index (χ4v) is 1.20. The van der Waals surface area contributed by atoms with Crippen LogP contribution >= 0.6 is 0 Å². The van der Waals surface area contributed by atoms with Crippen LogP contribution in [0.5, 0.6) is 0 Å². The molecule has 88 valence electrons. The van der Waals surface area contributed by atoms with Crippen LogP contribution in [0.1, 0.15) is 39.0 Å². The second-order valence-corrected chi connectivity index (χ2v) is 3.60. The summed E-state index contributed by atoms with van der Waals surface area (Å²) in [6.45, 7) is 2.11. The first-order valence-electron chi connectivity index (χ1n) is 5.27. The Morgan fingerprint density at radius 2 is 2.13 bits per heavy atom. The first-order valence-corrected chi connectivity index (χ1v) is 5.27. The van der Waals surface area contributed by atoms with Gasteiger partial charge in [-0.2, -0.15) is 0 Å². The number of aliphatic hydroxyl groups is 1. The Labute approximate surface area is 90.0 Å². The van der Waals surface area contributed by atoms with E-state index in [0.717, 1.165) is 19.3 Å². The summed E-state index contributed by atoms with van der Waals surface area (Å²) in [7, 11) is 0. The van der Waals surface area contributed by atoms with Crippen molar-refractivity contribution in [2.45, 2.75) is 45.1 Å². The molecule has 0 aliphatic carbocycles. The molecule has 0 bridgehead atoms. The van der Waals surface area contributed by atoms with E-state index in [0.29, 0.717) is 18.6 Å². The standard InChI is InChI=1S/C10H20N2O3/c1-2-3-4-9(13)6-5-8(11)7-12-10(14)15/h9,11-13H,2-7H2,1H3,(H,14,15). The highest BCUT2D eigenvalue weighted by Gasteiger charge is 2.06. The molecule has 0 spiro atoms. The first-order chi connectivity index (χ1) is 7.06. The van der Waals surface area contributed by atoms with Gasteiger partial charge in [0, 0.05) is 5.71 Å². The van der Waals surface area contributed by atoms with Crippen molar-refractivity contribution in [1.29, 1.82) is 5.41 Å². The summed E-state index contributed by atoms with van der Waals surface area (Å²) < 4.78 is 0. The number of aliphatic hydroxyl groups excluding tert-OH is 1. The van der Waals surface area contributed by atoms with Crippen LogP contribution in [-0.4, -0.2) is 34.7 Å². The van der Waals surface area contributed by atoms with Gasteiger partial charge in [0.25, 0.3) is 0 Å². The summed E-state index contributed by atoms with van der Waals surface area (Å²) in [5.74, 6) is 0. The Bertz CT molecular complexity index is 207. The molecule has 0 heterocycles. The predicted octanol–water partition coefficient (Wildman–Crippen LogP) is 1.61. The van der Waals surface area contributed by atoms with Crippen LogP contribution in [0.15, 0.2) is 0 Å². The molecule has 0 aromatic heterocycles. The van der Waals surface area contributed by atoms with Crippen molar-refractivity contribution in [3.63, 3.8) is 0 Å². The van der Waals surface area contributed by atoms with Crippen molar-refractivity contribution >= 4 is 11.8 Å². The van der Waals surface area contributed by atoms with Crippen LogP contribution in [0.2, 0.25) is 0 Å². The molecular weight excluding hydrogens is 196 g/mol. The second-order valence-electron chi connectivity index (χ2n) is 3.60. The molecule has 5 nitrogen and oxygen atoms in total. The van der Waals surface area contributed by atoms with Crippen molar-refractivity contribution in [1.82, 2.24) is 5.32 Å². The van der Waals surface area contributed by atoms with Crippen LogP contribution in [0, 0.1) is 5.41 Å². The fraction of sp³-hybridized carbons (Fsp3) is 0.800. The van der Waals surface area contributed by atoms with Gasteiger partial charge in [-0.15, -0.1) is 0 Å². The molecule has 0 saturated carbocycles. The summed E-state index contributed by atoms with van der Waals surface area (Å²) in [6.07, 6.45) is 2.31. The van der Waals surface area contributed by atoms with Gasteiger partial charge in [0.2, 0.25) is 0 Å². The average molecular weight is 216 g/mol. The Hall–Kier alpha value is -1.10. The van der Waals surface area contributed by atoms with Crippen molar-refractivity contribution in [2.24, 2.45) is 0 Å². The maximum Gasteiger partial charge on any atom is 0.404 e. The molecule has 0 radical (unpaired) electrons. The zero-order chi connectivity index (χ0) is 11.7. The number of rotatable bonds is 8. The SMILES string of the molecule is CCCCC(O)CCC(=N)CNC(=O)O. The number of hydrogen-bond donors (Lipinski definition) is 4. The normalized spacial score (nSPS) is 12.1. The highest BCUT2D eigenvalue weighted by molar-refractivity contribution is 5.85. The molecule has 5 heteroatoms. The summed E-state index contributed by atoms with van der Waals surface area (Å²) in [5.41, 5.74) is 0.313. The lowest BCUT2D eigenvalue weighted by atomic mass is 10.1. The van der Waals surface area contributed by atoms with E-state index in [-0.39, 0.29) is 12.6 Å². The zero-order valence-electron chi connectivity index (χ0n) is 9.12. The van der Waals surface area contributed by atoms with Crippen molar-refractivity contribution in [3.05, 3.63) is 0 Å². The highest BCUT2D eigenvalue weighted by atomic mass is 16.4. The first kappa shape index (κ1) is 13.9. The zero-order valence-corrected chi connectivity index (χ0v) is 9.12. The molecule has 1 unspecified atom stereocenters. The van der Waals surface area contributed by atoms with E-state index in [1.807, 2.05) is 0 Å². The predicted molar refractivity (Wildman–Crippen MR) is 58.5 cm³/mol. The Kier molecular flexibility index (Phi) is 7.62. The number of nitrogens with one attached hydrogen (secondary N) is 2. The number of carboxylic acid groups (broad SMARTS) is 1. The molecule has 0 aromatic rings. The van der Waals surface area contributed by atoms with Gasteiger partial charge >= 0.3 is 6.09 Å². The van der Waals surface area contributed by atoms with Crippen molar-refractivity contribution < 1.29 is 15.0 Å². The smallest absolute Gasteiger partial charge is 0.404 e. The molecule has 0 saturated heterocycles. The van der Waals surface area contributed by atoms with Crippen molar-refractivity contribution in [2.75, 3.05) is 6.54 Å². The third kappa shape index (κ3) is 9.21. The van der Waals surface area contributed by atoms with Crippen LogP contribution in [0.25, 0.3) is 0 Å². The molecule has 0 aromatic carbocycles. The van der Waals surface area contributed by atoms with Crippen LogP contribution < -0.4 is 5.32 Å². The number of unbranched alkanes of at least 4 members (excludes halogenated alkanes) is 1. The van der Waals surface area contributed by atoms with Gasteiger partial charge in [-0.25, -0.2) is 4.79 Å². The van der Waals surface area contributed by atoms with Gasteiger partial charge < -0.3 is 20.9 Å². The van der Waals surface area contributed by atoms with Crippen molar-refractivity contribution in [3.8, 4) is 0 Å². The van der Waals surface area contributed by atoms with Gasteiger partial charge in [0.15, 0.2) is 0 Å². The molecular formula is C10H20N2O3. The number of amides is 1. The molecule has 0 rings (SSSR count). The average Bonchev–Trinajstić information content (AvgIpc) is 2.20. The van der Waals surface area contributed by atoms with E-state index in [1.165, 1.54) is 0 Å². The minimum absolute atomic E-state index is 0.0514. The minimum atomic E-state index is -1.12. The number of carbonyl (C=O) groups is 1. The second kappa shape index (κ2) is 8.23. The maximum atomic E-state index is 10.1. The van der Waals surface area contributed by atoms with Gasteiger partial charge in [-0.05, 0) is 19.3 Å². The molecule has 1 atom stereocenters. The summed E-state index contributed by atoms with van der Waals surface area (Å²) >= 11 is 0. The lowest BCUT2D eigenvalue weighted by Gasteiger charge is -2.10. The summed E-state index contributed by atoms with van der Waals surface area (Å²) in [6, 6.07) is 0. The molecule has 1 amide bonds. The maximum absolute atomic E-state index is 10.1. The van der Waals surface area contributed by atoms with E-state index in [2.05, 4.69) is 12.2 Å². The van der Waals surface area contributed by atoms with E-state index in [4.69, 9.17) is 10.5 Å². The van der Waals surface area contributed by atoms with E-state index in [1.54, 1.807) is 0 Å². The fourth-order valence-electron chi connectivity index (χ4n) is 1.20. The molecule has 0 fully saturated rings. The van der Waals surface area contributed by atoms with Gasteiger partial charge in [0.1, 0.15) is 0 Å². The monoisotopic (exact) mass is 216 g/mol. The van der Waals surface area contributed by atoms with Crippen LogP contribution in [0.4, 0.5) is 4.79 Å². The quantitative estimate of drug-likeness (QED) is 0.464. The topological polar surface area (TPSA) is 93.4 Å². The number of hydrogen-bond acceptors (Lipinski definition) is 3. The van der Waals surface area contributed by atoms with E-state index < -0.39 is 6.09 Å². The molecule has 4 N–H and O–H groups in total. The Balaban J connectivity index is 3.48. The minimum Gasteiger partial charge on any atom is -0.465 e. The molecule has 0 aliphatic heterocycles. The third-order valence-electron chi connectivity index (χ3n) is 2.12. The van der Waals surface area contributed by atoms with Gasteiger partial charge in [-0.1, -0.05) is 19.8 Å². The van der Waals surface area contributed by atoms with E-state index in [9.17, 15) is 9.90 Å². The largest absolute Gasteiger partial charge is 0.465 e. The van der Waals surface area contributed by atoms with Gasteiger partial charge in [-0.3, -0.25) is 0 Å². The molecule has 0 aliphatic rings. The Morgan fingerprint density at radius 1 is 1.47 bits per heavy atom. The summed E-state index contributed by atoms with van der Waals surface area (Å²) in [5, 5.41) is 27.3. The Morgan fingerprint density at radius 3 is 2.67 bits per heavy atom. The lowest BCUT2D eigenvalue weighted by Crippen LogP contribution is -2.27. The van der Waals surface area contributed by atoms with Crippen LogP contribution in [-0.2, 0) is 0 Å². The molecule has 15 heavy (non-hydrogen) atoms. The summed E-state index contributed by atoms with van der Waals surface area (Å²) in [4.78, 5) is 10.1. The van der Waals surface area contributed by atoms with Gasteiger partial charge in [0.05, 0.1) is 12.6 Å².